The topological polar surface area (TPSA) is 12.0 Å². The molecule has 0 amide bonds. The first-order valence-corrected chi connectivity index (χ1v) is 6.88. The normalized spacial score (nSPS) is 12.8. The van der Waals surface area contributed by atoms with Gasteiger partial charge in [0.05, 0.1) is 0 Å². The summed E-state index contributed by atoms with van der Waals surface area (Å²) in [5, 5.41) is 4.31. The number of thioether (sulfide) groups is 1. The second-order valence-electron chi connectivity index (χ2n) is 3.83. The minimum atomic E-state index is 0.525. The van der Waals surface area contributed by atoms with Gasteiger partial charge in [-0.05, 0) is 37.3 Å². The Morgan fingerprint density at radius 3 is 2.80 bits per heavy atom. The second-order valence-corrected chi connectivity index (χ2v) is 5.15. The van der Waals surface area contributed by atoms with Gasteiger partial charge in [-0.25, -0.2) is 0 Å². The van der Waals surface area contributed by atoms with Gasteiger partial charge < -0.3 is 5.32 Å². The smallest absolute Gasteiger partial charge is 0.0453 e. The number of halogens is 1. The Hall–Kier alpha value is -0.180. The summed E-state index contributed by atoms with van der Waals surface area (Å²) in [4.78, 5) is 0. The van der Waals surface area contributed by atoms with Gasteiger partial charge in [0.15, 0.2) is 0 Å². The average molecular weight is 244 g/mol. The number of benzene rings is 1. The highest BCUT2D eigenvalue weighted by Crippen LogP contribution is 2.17. The summed E-state index contributed by atoms with van der Waals surface area (Å²) in [5.41, 5.74) is 2.39. The molecule has 0 fully saturated rings. The van der Waals surface area contributed by atoms with Crippen molar-refractivity contribution >= 4 is 23.4 Å². The van der Waals surface area contributed by atoms with Crippen LogP contribution in [-0.4, -0.2) is 18.1 Å². The maximum absolute atomic E-state index is 6.14. The fraction of sp³-hybridized carbons (Fsp3) is 0.500. The maximum atomic E-state index is 6.14. The van der Waals surface area contributed by atoms with E-state index in [-0.39, 0.29) is 0 Å². The highest BCUT2D eigenvalue weighted by molar-refractivity contribution is 7.98. The summed E-state index contributed by atoms with van der Waals surface area (Å²) in [7, 11) is 0. The first kappa shape index (κ1) is 12.9. The third-order valence-corrected chi connectivity index (χ3v) is 3.45. The van der Waals surface area contributed by atoms with Crippen molar-refractivity contribution < 1.29 is 0 Å². The molecule has 1 atom stereocenters. The Morgan fingerprint density at radius 2 is 2.20 bits per heavy atom. The molecule has 0 aliphatic rings. The van der Waals surface area contributed by atoms with Gasteiger partial charge in [0.1, 0.15) is 0 Å². The van der Waals surface area contributed by atoms with Gasteiger partial charge in [-0.2, -0.15) is 11.8 Å². The Bertz CT molecular complexity index is 314. The Morgan fingerprint density at radius 1 is 1.47 bits per heavy atom. The summed E-state index contributed by atoms with van der Waals surface area (Å²) >= 11 is 8.00. The molecule has 0 radical (unpaired) electrons. The quantitative estimate of drug-likeness (QED) is 0.850. The predicted octanol–water partition coefficient (Wildman–Crippen LogP) is 3.49. The van der Waals surface area contributed by atoms with E-state index in [0.29, 0.717) is 6.04 Å². The van der Waals surface area contributed by atoms with Crippen LogP contribution in [0.1, 0.15) is 18.1 Å². The largest absolute Gasteiger partial charge is 0.309 e. The molecule has 1 aromatic rings. The van der Waals surface area contributed by atoms with Crippen molar-refractivity contribution in [2.45, 2.75) is 26.4 Å². The highest BCUT2D eigenvalue weighted by atomic mass is 35.5. The summed E-state index contributed by atoms with van der Waals surface area (Å²) in [6.45, 7) is 5.10. The monoisotopic (exact) mass is 243 g/mol. The minimum Gasteiger partial charge on any atom is -0.309 e. The van der Waals surface area contributed by atoms with Crippen molar-refractivity contribution in [1.82, 2.24) is 5.32 Å². The molecule has 1 N–H and O–H groups in total. The van der Waals surface area contributed by atoms with Crippen molar-refractivity contribution in [3.05, 3.63) is 34.3 Å². The van der Waals surface area contributed by atoms with E-state index in [1.807, 2.05) is 17.8 Å². The van der Waals surface area contributed by atoms with E-state index in [9.17, 15) is 0 Å². The van der Waals surface area contributed by atoms with Crippen LogP contribution < -0.4 is 5.32 Å². The van der Waals surface area contributed by atoms with Crippen molar-refractivity contribution in [3.8, 4) is 0 Å². The first-order chi connectivity index (χ1) is 7.13. The summed E-state index contributed by atoms with van der Waals surface area (Å²) in [6.07, 6.45) is 2.12. The molecule has 1 unspecified atom stereocenters. The van der Waals surface area contributed by atoms with Gasteiger partial charge in [-0.15, -0.1) is 0 Å². The van der Waals surface area contributed by atoms with Crippen LogP contribution >= 0.6 is 23.4 Å². The number of hydrogen-bond acceptors (Lipinski definition) is 2. The lowest BCUT2D eigenvalue weighted by atomic mass is 10.1. The standard InChI is InChI=1S/C12H18ClNS/c1-9-4-5-11(12(13)6-9)7-14-10(2)8-15-3/h4-6,10,14H,7-8H2,1-3H3. The molecule has 0 aliphatic carbocycles. The van der Waals surface area contributed by atoms with Gasteiger partial charge in [-0.3, -0.25) is 0 Å². The molecule has 0 aliphatic heterocycles. The minimum absolute atomic E-state index is 0.525. The fourth-order valence-corrected chi connectivity index (χ4v) is 2.31. The van der Waals surface area contributed by atoms with E-state index in [4.69, 9.17) is 11.6 Å². The molecule has 1 rings (SSSR count). The zero-order valence-electron chi connectivity index (χ0n) is 9.51. The van der Waals surface area contributed by atoms with Crippen molar-refractivity contribution in [3.63, 3.8) is 0 Å². The van der Waals surface area contributed by atoms with Crippen LogP contribution in [0, 0.1) is 6.92 Å². The number of nitrogens with one attached hydrogen (secondary N) is 1. The van der Waals surface area contributed by atoms with Crippen LogP contribution in [0.25, 0.3) is 0 Å². The second kappa shape index (κ2) is 6.41. The molecule has 1 nitrogen and oxygen atoms in total. The zero-order chi connectivity index (χ0) is 11.3. The maximum Gasteiger partial charge on any atom is 0.0453 e. The van der Waals surface area contributed by atoms with E-state index >= 15 is 0 Å². The van der Waals surface area contributed by atoms with E-state index in [1.165, 1.54) is 11.1 Å². The number of rotatable bonds is 5. The van der Waals surface area contributed by atoms with Crippen LogP contribution in [-0.2, 0) is 6.54 Å². The fourth-order valence-electron chi connectivity index (χ4n) is 1.39. The van der Waals surface area contributed by atoms with Crippen molar-refractivity contribution in [2.24, 2.45) is 0 Å². The number of hydrogen-bond donors (Lipinski definition) is 1. The van der Waals surface area contributed by atoms with Crippen LogP contribution in [0.3, 0.4) is 0 Å². The molecule has 1 aromatic carbocycles. The molecule has 15 heavy (non-hydrogen) atoms. The average Bonchev–Trinajstić information content (AvgIpc) is 2.17. The van der Waals surface area contributed by atoms with Gasteiger partial charge in [0.25, 0.3) is 0 Å². The van der Waals surface area contributed by atoms with Crippen molar-refractivity contribution in [2.75, 3.05) is 12.0 Å². The van der Waals surface area contributed by atoms with Crippen LogP contribution in [0.4, 0.5) is 0 Å². The summed E-state index contributed by atoms with van der Waals surface area (Å²) in [6, 6.07) is 6.73. The van der Waals surface area contributed by atoms with Crippen LogP contribution in [0.2, 0.25) is 5.02 Å². The lowest BCUT2D eigenvalue weighted by Crippen LogP contribution is -2.27. The Labute approximate surface area is 102 Å². The van der Waals surface area contributed by atoms with Crippen molar-refractivity contribution in [1.29, 1.82) is 0 Å². The lowest BCUT2D eigenvalue weighted by molar-refractivity contribution is 0.596. The Balaban J connectivity index is 2.50. The van der Waals surface area contributed by atoms with Crippen LogP contribution in [0.5, 0.6) is 0 Å². The predicted molar refractivity (Wildman–Crippen MR) is 70.9 cm³/mol. The molecule has 0 saturated heterocycles. The molecule has 84 valence electrons. The van der Waals surface area contributed by atoms with E-state index in [1.54, 1.807) is 0 Å². The van der Waals surface area contributed by atoms with Gasteiger partial charge >= 0.3 is 0 Å². The van der Waals surface area contributed by atoms with E-state index in [2.05, 4.69) is 37.6 Å². The van der Waals surface area contributed by atoms with Gasteiger partial charge in [0, 0.05) is 23.4 Å². The molecule has 0 heterocycles. The summed E-state index contributed by atoms with van der Waals surface area (Å²) in [5.74, 6) is 1.13. The van der Waals surface area contributed by atoms with Gasteiger partial charge in [-0.1, -0.05) is 23.7 Å². The molecular formula is C12H18ClNS. The lowest BCUT2D eigenvalue weighted by Gasteiger charge is -2.13. The summed E-state index contributed by atoms with van der Waals surface area (Å²) < 4.78 is 0. The molecule has 0 aromatic heterocycles. The molecule has 0 saturated carbocycles. The Kier molecular flexibility index (Phi) is 5.51. The SMILES string of the molecule is CSCC(C)NCc1ccc(C)cc1Cl. The third-order valence-electron chi connectivity index (χ3n) is 2.27. The first-order valence-electron chi connectivity index (χ1n) is 5.11. The molecular weight excluding hydrogens is 226 g/mol. The molecule has 3 heteroatoms. The van der Waals surface area contributed by atoms with Crippen LogP contribution in [0.15, 0.2) is 18.2 Å². The highest BCUT2D eigenvalue weighted by Gasteiger charge is 2.03. The number of aryl methyl sites for hydroxylation is 1. The van der Waals surface area contributed by atoms with E-state index in [0.717, 1.165) is 17.3 Å². The van der Waals surface area contributed by atoms with Gasteiger partial charge in [0.2, 0.25) is 0 Å². The zero-order valence-corrected chi connectivity index (χ0v) is 11.1. The molecule has 0 spiro atoms. The third kappa shape index (κ3) is 4.45. The van der Waals surface area contributed by atoms with E-state index < -0.39 is 0 Å². The molecule has 0 bridgehead atoms.